The lowest BCUT2D eigenvalue weighted by Crippen LogP contribution is -1.99. The molecule has 0 unspecified atom stereocenters. The molecule has 3 rings (SSSR count). The molecule has 0 spiro atoms. The summed E-state index contributed by atoms with van der Waals surface area (Å²) in [5.41, 5.74) is 2.49. The lowest BCUT2D eigenvalue weighted by atomic mass is 10.2. The normalized spacial score (nSPS) is 14.1. The Labute approximate surface area is 90.6 Å². The Morgan fingerprint density at radius 1 is 1.50 bits per heavy atom. The zero-order valence-electron chi connectivity index (χ0n) is 7.83. The second kappa shape index (κ2) is 3.07. The zero-order valence-corrected chi connectivity index (χ0v) is 9.47. The molecule has 1 N–H and O–H groups in total. The van der Waals surface area contributed by atoms with E-state index in [2.05, 4.69) is 28.7 Å². The van der Waals surface area contributed by atoms with Gasteiger partial charge in [0.2, 0.25) is 0 Å². The Morgan fingerprint density at radius 2 is 2.43 bits per heavy atom. The van der Waals surface area contributed by atoms with Gasteiger partial charge in [-0.25, -0.2) is 4.98 Å². The molecule has 0 saturated carbocycles. The van der Waals surface area contributed by atoms with Crippen molar-refractivity contribution in [3.63, 3.8) is 0 Å². The lowest BCUT2D eigenvalue weighted by Gasteiger charge is -1.98. The maximum atomic E-state index is 4.61. The van der Waals surface area contributed by atoms with Crippen molar-refractivity contribution >= 4 is 27.7 Å². The van der Waals surface area contributed by atoms with Gasteiger partial charge in [0.1, 0.15) is 0 Å². The van der Waals surface area contributed by atoms with E-state index in [4.69, 9.17) is 0 Å². The van der Waals surface area contributed by atoms with Crippen molar-refractivity contribution < 1.29 is 0 Å². The van der Waals surface area contributed by atoms with Crippen LogP contribution in [0, 0.1) is 6.92 Å². The van der Waals surface area contributed by atoms with E-state index >= 15 is 0 Å². The van der Waals surface area contributed by atoms with Crippen LogP contribution in [0.2, 0.25) is 0 Å². The molecule has 14 heavy (non-hydrogen) atoms. The Bertz CT molecular complexity index is 470. The highest BCUT2D eigenvalue weighted by Crippen LogP contribution is 2.38. The van der Waals surface area contributed by atoms with Crippen molar-refractivity contribution in [2.45, 2.75) is 13.3 Å². The molecule has 0 amide bonds. The summed E-state index contributed by atoms with van der Waals surface area (Å²) in [6.07, 6.45) is 1.10. The molecule has 0 aromatic carbocycles. The number of aryl methyl sites for hydroxylation is 1. The molecular weight excluding hydrogens is 212 g/mol. The number of thiophene rings is 1. The minimum Gasteiger partial charge on any atom is -0.376 e. The zero-order chi connectivity index (χ0) is 9.54. The highest BCUT2D eigenvalue weighted by atomic mass is 32.1. The molecule has 0 saturated heterocycles. The highest BCUT2D eigenvalue weighted by Gasteiger charge is 2.18. The van der Waals surface area contributed by atoms with Gasteiger partial charge in [0.25, 0.3) is 0 Å². The summed E-state index contributed by atoms with van der Waals surface area (Å²) < 4.78 is 0. The molecule has 0 atom stereocenters. The topological polar surface area (TPSA) is 24.9 Å². The number of hydrogen-bond donors (Lipinski definition) is 1. The van der Waals surface area contributed by atoms with Crippen molar-refractivity contribution in [1.82, 2.24) is 4.98 Å². The van der Waals surface area contributed by atoms with Crippen LogP contribution >= 0.6 is 22.7 Å². The predicted molar refractivity (Wildman–Crippen MR) is 62.4 cm³/mol. The third-order valence-electron chi connectivity index (χ3n) is 2.36. The summed E-state index contributed by atoms with van der Waals surface area (Å²) in [6.45, 7) is 3.11. The van der Waals surface area contributed by atoms with Crippen molar-refractivity contribution in [3.05, 3.63) is 21.3 Å². The van der Waals surface area contributed by atoms with Crippen LogP contribution in [0.4, 0.5) is 5.00 Å². The summed E-state index contributed by atoms with van der Waals surface area (Å²) in [7, 11) is 0. The molecule has 4 heteroatoms. The summed E-state index contributed by atoms with van der Waals surface area (Å²) in [5, 5.41) is 8.02. The second-order valence-electron chi connectivity index (χ2n) is 3.34. The Balaban J connectivity index is 2.26. The molecule has 1 aliphatic rings. The van der Waals surface area contributed by atoms with Crippen LogP contribution < -0.4 is 5.32 Å². The number of aromatic nitrogens is 1. The van der Waals surface area contributed by atoms with Crippen LogP contribution in [0.15, 0.2) is 11.4 Å². The van der Waals surface area contributed by atoms with E-state index in [1.807, 2.05) is 11.3 Å². The standard InChI is InChI=1S/C10H10N2S2/c1-6-12-9-7-3-5-13-10(7)11-4-2-8(9)14-6/h3,5,11H,2,4H2,1H3. The monoisotopic (exact) mass is 222 g/mol. The smallest absolute Gasteiger partial charge is 0.0978 e. The average molecular weight is 222 g/mol. The van der Waals surface area contributed by atoms with Crippen LogP contribution in [-0.2, 0) is 6.42 Å². The van der Waals surface area contributed by atoms with Crippen LogP contribution in [0.3, 0.4) is 0 Å². The first-order chi connectivity index (χ1) is 6.84. The van der Waals surface area contributed by atoms with Gasteiger partial charge in [0.05, 0.1) is 15.7 Å². The van der Waals surface area contributed by atoms with Crippen LogP contribution in [0.1, 0.15) is 9.88 Å². The van der Waals surface area contributed by atoms with E-state index in [-0.39, 0.29) is 0 Å². The van der Waals surface area contributed by atoms with Gasteiger partial charge in [-0.05, 0) is 18.4 Å². The first-order valence-corrected chi connectivity index (χ1v) is 6.32. The minimum absolute atomic E-state index is 1.03. The number of anilines is 1. The number of hydrogen-bond acceptors (Lipinski definition) is 4. The fourth-order valence-corrected chi connectivity index (χ4v) is 3.54. The van der Waals surface area contributed by atoms with Gasteiger partial charge in [-0.1, -0.05) is 0 Å². The second-order valence-corrected chi connectivity index (χ2v) is 5.55. The largest absolute Gasteiger partial charge is 0.376 e. The third-order valence-corrected chi connectivity index (χ3v) is 4.26. The van der Waals surface area contributed by atoms with Crippen LogP contribution in [-0.4, -0.2) is 11.5 Å². The van der Waals surface area contributed by atoms with Gasteiger partial charge in [-0.15, -0.1) is 22.7 Å². The molecule has 2 nitrogen and oxygen atoms in total. The number of rotatable bonds is 0. The summed E-state index contributed by atoms with van der Waals surface area (Å²) >= 11 is 3.59. The molecule has 2 aromatic rings. The Kier molecular flexibility index (Phi) is 1.85. The summed E-state index contributed by atoms with van der Waals surface area (Å²) in [6, 6.07) is 2.16. The van der Waals surface area contributed by atoms with E-state index in [0.29, 0.717) is 0 Å². The van der Waals surface area contributed by atoms with Gasteiger partial charge in [-0.2, -0.15) is 0 Å². The molecule has 0 radical (unpaired) electrons. The quantitative estimate of drug-likeness (QED) is 0.740. The summed E-state index contributed by atoms with van der Waals surface area (Å²) in [4.78, 5) is 6.03. The Hall–Kier alpha value is -0.870. The van der Waals surface area contributed by atoms with E-state index in [1.54, 1.807) is 11.3 Å². The van der Waals surface area contributed by atoms with E-state index < -0.39 is 0 Å². The maximum Gasteiger partial charge on any atom is 0.0978 e. The molecule has 1 aliphatic heterocycles. The van der Waals surface area contributed by atoms with Crippen molar-refractivity contribution in [2.75, 3.05) is 11.9 Å². The van der Waals surface area contributed by atoms with Crippen molar-refractivity contribution in [3.8, 4) is 11.3 Å². The SMILES string of the molecule is Cc1nc2c(s1)CCNc1sccc1-2. The van der Waals surface area contributed by atoms with Crippen LogP contribution in [0.25, 0.3) is 11.3 Å². The van der Waals surface area contributed by atoms with Gasteiger partial charge >= 0.3 is 0 Å². The fourth-order valence-electron chi connectivity index (χ4n) is 1.77. The molecule has 72 valence electrons. The van der Waals surface area contributed by atoms with E-state index in [9.17, 15) is 0 Å². The fraction of sp³-hybridized carbons (Fsp3) is 0.300. The molecule has 3 heterocycles. The maximum absolute atomic E-state index is 4.61. The number of fused-ring (bicyclic) bond motifs is 3. The lowest BCUT2D eigenvalue weighted by molar-refractivity contribution is 1.06. The predicted octanol–water partition coefficient (Wildman–Crippen LogP) is 3.15. The number of nitrogens with zero attached hydrogens (tertiary/aromatic N) is 1. The van der Waals surface area contributed by atoms with Gasteiger partial charge < -0.3 is 5.32 Å². The molecule has 2 aromatic heterocycles. The first kappa shape index (κ1) is 8.44. The van der Waals surface area contributed by atoms with Gasteiger partial charge in [-0.3, -0.25) is 0 Å². The van der Waals surface area contributed by atoms with E-state index in [1.165, 1.54) is 26.1 Å². The molecule has 0 aliphatic carbocycles. The average Bonchev–Trinajstić information content (AvgIpc) is 2.70. The molecular formula is C10H10N2S2. The van der Waals surface area contributed by atoms with Gasteiger partial charge in [0, 0.05) is 23.4 Å². The summed E-state index contributed by atoms with van der Waals surface area (Å²) in [5.74, 6) is 0. The first-order valence-electron chi connectivity index (χ1n) is 4.62. The third kappa shape index (κ3) is 1.18. The molecule has 0 fully saturated rings. The van der Waals surface area contributed by atoms with Crippen molar-refractivity contribution in [1.29, 1.82) is 0 Å². The molecule has 0 bridgehead atoms. The Morgan fingerprint density at radius 3 is 3.36 bits per heavy atom. The minimum atomic E-state index is 1.03. The van der Waals surface area contributed by atoms with Crippen LogP contribution in [0.5, 0.6) is 0 Å². The van der Waals surface area contributed by atoms with Gasteiger partial charge in [0.15, 0.2) is 0 Å². The number of thiazole rings is 1. The number of nitrogens with one attached hydrogen (secondary N) is 1. The van der Waals surface area contributed by atoms with E-state index in [0.717, 1.165) is 13.0 Å². The highest BCUT2D eigenvalue weighted by molar-refractivity contribution is 7.15. The van der Waals surface area contributed by atoms with Crippen molar-refractivity contribution in [2.24, 2.45) is 0 Å².